The molecular formula is C22H40F6N4O7S2. The Morgan fingerprint density at radius 3 is 1.73 bits per heavy atom. The van der Waals surface area contributed by atoms with Gasteiger partial charge in [-0.2, -0.15) is 26.3 Å². The predicted molar refractivity (Wildman–Crippen MR) is 139 cm³/mol. The van der Waals surface area contributed by atoms with Crippen LogP contribution in [0, 0.1) is 0 Å². The molecule has 19 heteroatoms. The van der Waals surface area contributed by atoms with Gasteiger partial charge in [-0.25, -0.2) is 31.4 Å². The molecule has 1 amide bonds. The van der Waals surface area contributed by atoms with Gasteiger partial charge in [-0.15, -0.1) is 0 Å². The van der Waals surface area contributed by atoms with E-state index in [9.17, 15) is 52.8 Å². The average molecular weight is 651 g/mol. The minimum atomic E-state index is -6.72. The Morgan fingerprint density at radius 1 is 0.805 bits per heavy atom. The summed E-state index contributed by atoms with van der Waals surface area (Å²) in [5.41, 5.74) is -12.4. The van der Waals surface area contributed by atoms with E-state index in [4.69, 9.17) is 4.74 Å². The Labute approximate surface area is 237 Å². The summed E-state index contributed by atoms with van der Waals surface area (Å²) in [6, 6.07) is 0. The zero-order valence-electron chi connectivity index (χ0n) is 23.4. The minimum absolute atomic E-state index is 0.311. The third kappa shape index (κ3) is 18.3. The van der Waals surface area contributed by atoms with E-state index in [0.717, 1.165) is 42.7 Å². The Morgan fingerprint density at radius 2 is 1.27 bits per heavy atom. The van der Waals surface area contributed by atoms with E-state index in [0.29, 0.717) is 19.7 Å². The molecule has 0 unspecified atom stereocenters. The molecule has 0 radical (unpaired) electrons. The number of ether oxygens (including phenoxy) is 1. The summed E-state index contributed by atoms with van der Waals surface area (Å²) in [6.07, 6.45) is 9.59. The van der Waals surface area contributed by atoms with Crippen LogP contribution in [-0.4, -0.2) is 90.4 Å². The smallest absolute Gasteiger partial charge is 0.450 e. The molecule has 1 N–H and O–H groups in total. The topological polar surface area (TPSA) is 150 Å². The number of isocyanates is 1. The standard InChI is InChI=1S/C20H39N3O3.C2F6NO4S2/c1-4-23(5-2,6-3)17-13-9-10-14-18-26-20(25)22-16-12-8-7-11-15-21-19-24;3-1(4,5)14(10,11)9-15(12,13)2(6,7)8/h4-18H2,1-3H3;/q;-1/p+1. The van der Waals surface area contributed by atoms with Gasteiger partial charge in [0.15, 0.2) is 20.0 Å². The fourth-order valence-corrected chi connectivity index (χ4v) is 5.09. The molecule has 41 heavy (non-hydrogen) atoms. The Bertz CT molecular complexity index is 947. The quantitative estimate of drug-likeness (QED) is 0.0672. The van der Waals surface area contributed by atoms with Crippen LogP contribution < -0.4 is 5.32 Å². The summed E-state index contributed by atoms with van der Waals surface area (Å²) >= 11 is 0. The van der Waals surface area contributed by atoms with E-state index in [1.165, 1.54) is 49.6 Å². The van der Waals surface area contributed by atoms with Crippen molar-refractivity contribution in [1.29, 1.82) is 0 Å². The first-order chi connectivity index (χ1) is 18.8. The lowest BCUT2D eigenvalue weighted by Gasteiger charge is -2.35. The molecular weight excluding hydrogens is 610 g/mol. The van der Waals surface area contributed by atoms with E-state index in [1.54, 1.807) is 0 Å². The van der Waals surface area contributed by atoms with Crippen LogP contribution in [-0.2, 0) is 29.6 Å². The first-order valence-corrected chi connectivity index (χ1v) is 15.9. The molecule has 0 fully saturated rings. The molecule has 0 saturated carbocycles. The van der Waals surface area contributed by atoms with Crippen molar-refractivity contribution in [2.75, 3.05) is 45.9 Å². The van der Waals surface area contributed by atoms with Gasteiger partial charge in [0.25, 0.3) is 0 Å². The zero-order valence-corrected chi connectivity index (χ0v) is 25.0. The van der Waals surface area contributed by atoms with Crippen molar-refractivity contribution in [3.05, 3.63) is 4.13 Å². The normalized spacial score (nSPS) is 12.6. The lowest BCUT2D eigenvalue weighted by molar-refractivity contribution is -0.923. The number of hydrogen-bond donors (Lipinski definition) is 1. The fourth-order valence-electron chi connectivity index (χ4n) is 3.38. The van der Waals surface area contributed by atoms with Crippen LogP contribution in [0.5, 0.6) is 0 Å². The van der Waals surface area contributed by atoms with Crippen LogP contribution >= 0.6 is 0 Å². The number of carbonyl (C=O) groups is 1. The summed E-state index contributed by atoms with van der Waals surface area (Å²) in [7, 11) is -13.4. The van der Waals surface area contributed by atoms with E-state index in [2.05, 4.69) is 31.1 Å². The number of halogens is 6. The molecule has 0 aromatic rings. The maximum absolute atomic E-state index is 11.6. The number of rotatable bonds is 19. The van der Waals surface area contributed by atoms with Gasteiger partial charge in [-0.05, 0) is 59.3 Å². The average Bonchev–Trinajstić information content (AvgIpc) is 2.86. The SMILES string of the molecule is CC[N+](CC)(CC)CCCCCCOC(=O)NCCCCCCN=C=O.O=S(=O)([N-]S(=O)(=O)C(F)(F)F)C(F)(F)F. The van der Waals surface area contributed by atoms with Crippen molar-refractivity contribution in [3.8, 4) is 0 Å². The lowest BCUT2D eigenvalue weighted by Crippen LogP contribution is -2.48. The predicted octanol–water partition coefficient (Wildman–Crippen LogP) is 5.11. The molecule has 0 bridgehead atoms. The Hall–Kier alpha value is -1.95. The molecule has 0 atom stereocenters. The van der Waals surface area contributed by atoms with Gasteiger partial charge in [-0.1, -0.05) is 12.8 Å². The van der Waals surface area contributed by atoms with Crippen molar-refractivity contribution < 1.29 is 62.0 Å². The van der Waals surface area contributed by atoms with Crippen LogP contribution in [0.15, 0.2) is 4.99 Å². The number of alkyl carbamates (subject to hydrolysis) is 1. The number of nitrogens with zero attached hydrogens (tertiary/aromatic N) is 3. The van der Waals surface area contributed by atoms with Crippen LogP contribution in [0.2, 0.25) is 0 Å². The van der Waals surface area contributed by atoms with Gasteiger partial charge >= 0.3 is 17.1 Å². The van der Waals surface area contributed by atoms with Gasteiger partial charge in [0.1, 0.15) is 0 Å². The number of amides is 1. The zero-order chi connectivity index (χ0) is 32.2. The maximum atomic E-state index is 11.6. The van der Waals surface area contributed by atoms with Gasteiger partial charge in [0, 0.05) is 6.54 Å². The van der Waals surface area contributed by atoms with Gasteiger partial charge < -0.3 is 18.7 Å². The summed E-state index contributed by atoms with van der Waals surface area (Å²) in [5, 5.41) is 2.78. The highest BCUT2D eigenvalue weighted by atomic mass is 32.3. The number of hydrogen-bond acceptors (Lipinski definition) is 8. The van der Waals surface area contributed by atoms with Crippen molar-refractivity contribution in [1.82, 2.24) is 5.32 Å². The van der Waals surface area contributed by atoms with Crippen LogP contribution in [0.3, 0.4) is 0 Å². The summed E-state index contributed by atoms with van der Waals surface area (Å²) in [6.45, 7) is 13.4. The Kier molecular flexibility index (Phi) is 20.1. The first kappa shape index (κ1) is 41.2. The van der Waals surface area contributed by atoms with Crippen molar-refractivity contribution in [2.45, 2.75) is 83.2 Å². The van der Waals surface area contributed by atoms with Crippen LogP contribution in [0.1, 0.15) is 72.1 Å². The Balaban J connectivity index is 0. The number of alkyl halides is 6. The second-order valence-electron chi connectivity index (χ2n) is 8.79. The largest absolute Gasteiger partial charge is 0.480 e. The van der Waals surface area contributed by atoms with E-state index >= 15 is 0 Å². The minimum Gasteiger partial charge on any atom is -0.450 e. The highest BCUT2D eigenvalue weighted by Crippen LogP contribution is 2.36. The molecule has 244 valence electrons. The molecule has 0 heterocycles. The molecule has 0 aromatic heterocycles. The number of carbonyl (C=O) groups excluding carboxylic acids is 2. The number of aliphatic imine (C=N–C) groups is 1. The third-order valence-electron chi connectivity index (χ3n) is 6.08. The second-order valence-corrected chi connectivity index (χ2v) is 12.2. The molecule has 0 spiro atoms. The molecule has 0 aromatic carbocycles. The molecule has 0 rings (SSSR count). The lowest BCUT2D eigenvalue weighted by atomic mass is 10.1. The van der Waals surface area contributed by atoms with Crippen molar-refractivity contribution >= 4 is 32.2 Å². The highest BCUT2D eigenvalue weighted by Gasteiger charge is 2.46. The fraction of sp³-hybridized carbons (Fsp3) is 0.909. The van der Waals surface area contributed by atoms with E-state index < -0.39 is 31.1 Å². The second kappa shape index (κ2) is 20.0. The maximum Gasteiger partial charge on any atom is 0.480 e. The monoisotopic (exact) mass is 650 g/mol. The third-order valence-corrected chi connectivity index (χ3v) is 8.82. The van der Waals surface area contributed by atoms with E-state index in [-0.39, 0.29) is 6.09 Å². The van der Waals surface area contributed by atoms with Crippen LogP contribution in [0.4, 0.5) is 31.1 Å². The first-order valence-electron chi connectivity index (χ1n) is 13.0. The molecule has 11 nitrogen and oxygen atoms in total. The summed E-state index contributed by atoms with van der Waals surface area (Å²) in [4.78, 5) is 25.0. The van der Waals surface area contributed by atoms with Gasteiger partial charge in [0.05, 0.1) is 39.3 Å². The summed E-state index contributed by atoms with van der Waals surface area (Å²) < 4.78 is 116. The van der Waals surface area contributed by atoms with E-state index in [1.807, 2.05) is 0 Å². The number of nitrogens with one attached hydrogen (secondary N) is 1. The number of sulfonamides is 2. The van der Waals surface area contributed by atoms with Crippen molar-refractivity contribution in [3.63, 3.8) is 0 Å². The molecule has 0 aliphatic heterocycles. The summed E-state index contributed by atoms with van der Waals surface area (Å²) in [5.74, 6) is 0. The van der Waals surface area contributed by atoms with Gasteiger partial charge in [-0.3, -0.25) is 0 Å². The van der Waals surface area contributed by atoms with Crippen molar-refractivity contribution in [2.24, 2.45) is 4.99 Å². The number of unbranched alkanes of at least 4 members (excludes halogenated alkanes) is 6. The molecule has 0 aliphatic rings. The molecule has 0 aliphatic carbocycles. The highest BCUT2D eigenvalue weighted by molar-refractivity contribution is 8.13. The molecule has 0 saturated heterocycles. The van der Waals surface area contributed by atoms with Gasteiger partial charge in [0.2, 0.25) is 6.08 Å². The van der Waals surface area contributed by atoms with Crippen LogP contribution in [0.25, 0.3) is 4.13 Å². The number of quaternary nitrogens is 1.